The van der Waals surface area contributed by atoms with Crippen molar-refractivity contribution in [1.29, 1.82) is 0 Å². The van der Waals surface area contributed by atoms with E-state index < -0.39 is 0 Å². The van der Waals surface area contributed by atoms with Crippen molar-refractivity contribution in [2.24, 2.45) is 0 Å². The predicted molar refractivity (Wildman–Crippen MR) is 92.3 cm³/mol. The van der Waals surface area contributed by atoms with Gasteiger partial charge in [-0.05, 0) is 37.6 Å². The highest BCUT2D eigenvalue weighted by atomic mass is 35.5. The largest absolute Gasteiger partial charge is 0.312 e. The number of likely N-dealkylation sites (N-methyl/N-ethyl adjacent to an activating group) is 1. The van der Waals surface area contributed by atoms with Gasteiger partial charge in [0.25, 0.3) is 0 Å². The third kappa shape index (κ3) is 2.90. The standard InChI is InChI=1S/C18H22ClNS/c1-20-17(15-10-11-16(19)21-15)18(12-6-3-7-13-18)14-8-4-2-5-9-14/h2,4-5,8-11,17,20H,3,6-7,12-13H2,1H3. The van der Waals surface area contributed by atoms with Gasteiger partial charge in [-0.1, -0.05) is 61.2 Å². The average molecular weight is 320 g/mol. The molecule has 1 aromatic heterocycles. The van der Waals surface area contributed by atoms with Crippen molar-refractivity contribution in [3.63, 3.8) is 0 Å². The molecule has 0 saturated heterocycles. The van der Waals surface area contributed by atoms with E-state index in [4.69, 9.17) is 11.6 Å². The maximum Gasteiger partial charge on any atom is 0.0931 e. The van der Waals surface area contributed by atoms with Crippen molar-refractivity contribution in [3.05, 3.63) is 57.2 Å². The smallest absolute Gasteiger partial charge is 0.0931 e. The molecule has 112 valence electrons. The molecule has 1 saturated carbocycles. The maximum atomic E-state index is 6.18. The van der Waals surface area contributed by atoms with Gasteiger partial charge in [-0.25, -0.2) is 0 Å². The van der Waals surface area contributed by atoms with Crippen LogP contribution in [0, 0.1) is 0 Å². The van der Waals surface area contributed by atoms with Gasteiger partial charge in [-0.2, -0.15) is 0 Å². The molecule has 1 heterocycles. The summed E-state index contributed by atoms with van der Waals surface area (Å²) in [5.74, 6) is 0. The number of hydrogen-bond donors (Lipinski definition) is 1. The second kappa shape index (κ2) is 6.51. The molecule has 0 radical (unpaired) electrons. The van der Waals surface area contributed by atoms with Crippen molar-refractivity contribution < 1.29 is 0 Å². The topological polar surface area (TPSA) is 12.0 Å². The first-order valence-corrected chi connectivity index (χ1v) is 8.94. The Hall–Kier alpha value is -0.830. The monoisotopic (exact) mass is 319 g/mol. The molecule has 1 aliphatic carbocycles. The summed E-state index contributed by atoms with van der Waals surface area (Å²) in [6.07, 6.45) is 6.48. The predicted octanol–water partition coefficient (Wildman–Crippen LogP) is 5.56. The van der Waals surface area contributed by atoms with E-state index >= 15 is 0 Å². The van der Waals surface area contributed by atoms with E-state index in [0.29, 0.717) is 6.04 Å². The van der Waals surface area contributed by atoms with Crippen LogP contribution in [-0.2, 0) is 5.41 Å². The van der Waals surface area contributed by atoms with E-state index in [1.54, 1.807) is 11.3 Å². The molecule has 21 heavy (non-hydrogen) atoms. The molecule has 1 aromatic carbocycles. The molecule has 1 unspecified atom stereocenters. The lowest BCUT2D eigenvalue weighted by atomic mass is 9.64. The number of hydrogen-bond acceptors (Lipinski definition) is 2. The minimum Gasteiger partial charge on any atom is -0.312 e. The summed E-state index contributed by atoms with van der Waals surface area (Å²) in [5.41, 5.74) is 1.66. The van der Waals surface area contributed by atoms with Gasteiger partial charge in [0.15, 0.2) is 0 Å². The zero-order chi connectivity index (χ0) is 14.7. The third-order valence-electron chi connectivity index (χ3n) is 4.81. The molecule has 1 nitrogen and oxygen atoms in total. The first kappa shape index (κ1) is 15.1. The Morgan fingerprint density at radius 1 is 1.05 bits per heavy atom. The van der Waals surface area contributed by atoms with Crippen LogP contribution in [0.2, 0.25) is 4.34 Å². The summed E-state index contributed by atoms with van der Waals surface area (Å²) in [4.78, 5) is 1.35. The summed E-state index contributed by atoms with van der Waals surface area (Å²) >= 11 is 7.89. The molecule has 1 fully saturated rings. The number of thiophene rings is 1. The Morgan fingerprint density at radius 2 is 1.76 bits per heavy atom. The van der Waals surface area contributed by atoms with Crippen molar-refractivity contribution in [2.45, 2.75) is 43.6 Å². The van der Waals surface area contributed by atoms with Crippen LogP contribution < -0.4 is 5.32 Å². The molecule has 0 bridgehead atoms. The Labute approximate surface area is 136 Å². The second-order valence-corrected chi connectivity index (χ2v) is 7.69. The minimum absolute atomic E-state index is 0.197. The molecule has 3 heteroatoms. The number of nitrogens with one attached hydrogen (secondary N) is 1. The van der Waals surface area contributed by atoms with Crippen LogP contribution in [0.4, 0.5) is 0 Å². The van der Waals surface area contributed by atoms with Gasteiger partial charge in [0.1, 0.15) is 0 Å². The van der Waals surface area contributed by atoms with Crippen LogP contribution in [0.3, 0.4) is 0 Å². The van der Waals surface area contributed by atoms with Gasteiger partial charge in [0.05, 0.1) is 10.4 Å². The van der Waals surface area contributed by atoms with Crippen LogP contribution >= 0.6 is 22.9 Å². The van der Waals surface area contributed by atoms with Crippen LogP contribution in [-0.4, -0.2) is 7.05 Å². The molecule has 3 rings (SSSR count). The summed E-state index contributed by atoms with van der Waals surface area (Å²) in [7, 11) is 2.08. The first-order valence-electron chi connectivity index (χ1n) is 7.74. The molecule has 2 aromatic rings. The summed E-state index contributed by atoms with van der Waals surface area (Å²) < 4.78 is 0.879. The van der Waals surface area contributed by atoms with Gasteiger partial charge < -0.3 is 5.32 Å². The van der Waals surface area contributed by atoms with Gasteiger partial charge in [-0.3, -0.25) is 0 Å². The Morgan fingerprint density at radius 3 is 2.33 bits per heavy atom. The van der Waals surface area contributed by atoms with E-state index in [2.05, 4.69) is 48.8 Å². The van der Waals surface area contributed by atoms with Gasteiger partial charge in [0, 0.05) is 10.3 Å². The summed E-state index contributed by atoms with van der Waals surface area (Å²) in [6, 6.07) is 15.6. The molecule has 0 amide bonds. The fraction of sp³-hybridized carbons (Fsp3) is 0.444. The minimum atomic E-state index is 0.197. The highest BCUT2D eigenvalue weighted by molar-refractivity contribution is 7.16. The zero-order valence-electron chi connectivity index (χ0n) is 12.4. The summed E-state index contributed by atoms with van der Waals surface area (Å²) in [5, 5.41) is 3.59. The second-order valence-electron chi connectivity index (χ2n) is 5.95. The normalized spacial score (nSPS) is 19.3. The lowest BCUT2D eigenvalue weighted by molar-refractivity contribution is 0.223. The average Bonchev–Trinajstić information content (AvgIpc) is 2.96. The van der Waals surface area contributed by atoms with Gasteiger partial charge in [-0.15, -0.1) is 11.3 Å². The summed E-state index contributed by atoms with van der Waals surface area (Å²) in [6.45, 7) is 0. The van der Waals surface area contributed by atoms with Gasteiger partial charge >= 0.3 is 0 Å². The highest BCUT2D eigenvalue weighted by Gasteiger charge is 2.41. The van der Waals surface area contributed by atoms with Gasteiger partial charge in [0.2, 0.25) is 0 Å². The fourth-order valence-electron chi connectivity index (χ4n) is 3.87. The number of halogens is 1. The van der Waals surface area contributed by atoms with E-state index in [1.807, 2.05) is 6.07 Å². The van der Waals surface area contributed by atoms with E-state index in [0.717, 1.165) is 4.34 Å². The van der Waals surface area contributed by atoms with Crippen molar-refractivity contribution in [3.8, 4) is 0 Å². The molecule has 1 N–H and O–H groups in total. The van der Waals surface area contributed by atoms with Crippen LogP contribution in [0.15, 0.2) is 42.5 Å². The molecular weight excluding hydrogens is 298 g/mol. The lowest BCUT2D eigenvalue weighted by Gasteiger charge is -2.44. The van der Waals surface area contributed by atoms with E-state index in [1.165, 1.54) is 42.5 Å². The Balaban J connectivity index is 2.05. The van der Waals surface area contributed by atoms with Crippen LogP contribution in [0.1, 0.15) is 48.6 Å². The highest BCUT2D eigenvalue weighted by Crippen LogP contribution is 2.49. The van der Waals surface area contributed by atoms with Crippen molar-refractivity contribution >= 4 is 22.9 Å². The maximum absolute atomic E-state index is 6.18. The Bertz CT molecular complexity index is 572. The molecule has 0 spiro atoms. The molecule has 1 atom stereocenters. The first-order chi connectivity index (χ1) is 10.3. The third-order valence-corrected chi connectivity index (χ3v) is 6.11. The molecule has 0 aliphatic heterocycles. The SMILES string of the molecule is CNC(c1ccc(Cl)s1)C1(c2ccccc2)CCCCC1. The van der Waals surface area contributed by atoms with Crippen molar-refractivity contribution in [1.82, 2.24) is 5.32 Å². The molecule has 1 aliphatic rings. The van der Waals surface area contributed by atoms with E-state index in [-0.39, 0.29) is 5.41 Å². The van der Waals surface area contributed by atoms with E-state index in [9.17, 15) is 0 Å². The molecular formula is C18H22ClNS. The Kier molecular flexibility index (Phi) is 4.68. The number of benzene rings is 1. The zero-order valence-corrected chi connectivity index (χ0v) is 14.0. The fourth-order valence-corrected chi connectivity index (χ4v) is 5.16. The number of rotatable bonds is 4. The van der Waals surface area contributed by atoms with Crippen LogP contribution in [0.25, 0.3) is 0 Å². The lowest BCUT2D eigenvalue weighted by Crippen LogP contribution is -2.41. The van der Waals surface area contributed by atoms with Crippen LogP contribution in [0.5, 0.6) is 0 Å². The quantitative estimate of drug-likeness (QED) is 0.777. The van der Waals surface area contributed by atoms with Crippen molar-refractivity contribution in [2.75, 3.05) is 7.05 Å².